The molecule has 5 nitrogen and oxygen atoms in total. The minimum absolute atomic E-state index is 0.676. The van der Waals surface area contributed by atoms with Crippen LogP contribution in [0.1, 0.15) is 38.7 Å². The standard InChI is InChI=1S/C19H33N5/c1-15(2)18-14-23(8-5-9-24(18)13-16-6-7-16)12-17-10-20-19(21-11-17)22(3)4/h10-11,15-16,18H,5-9,12-14H2,1-4H3/t18-/m1/s1. The zero-order chi connectivity index (χ0) is 17.1. The Hall–Kier alpha value is -1.20. The Labute approximate surface area is 147 Å². The fourth-order valence-corrected chi connectivity index (χ4v) is 3.69. The van der Waals surface area contributed by atoms with E-state index in [1.54, 1.807) is 0 Å². The Morgan fingerprint density at radius 1 is 1.17 bits per heavy atom. The first-order valence-corrected chi connectivity index (χ1v) is 9.47. The number of hydrogen-bond donors (Lipinski definition) is 0. The lowest BCUT2D eigenvalue weighted by Crippen LogP contribution is -2.45. The normalized spacial score (nSPS) is 23.5. The number of rotatable bonds is 6. The molecule has 0 aromatic carbocycles. The van der Waals surface area contributed by atoms with Gasteiger partial charge in [-0.1, -0.05) is 13.8 Å². The summed E-state index contributed by atoms with van der Waals surface area (Å²) in [5, 5.41) is 0. The first kappa shape index (κ1) is 17.6. The predicted molar refractivity (Wildman–Crippen MR) is 99.2 cm³/mol. The molecule has 1 saturated carbocycles. The van der Waals surface area contributed by atoms with Crippen LogP contribution in [0.2, 0.25) is 0 Å². The molecule has 0 bridgehead atoms. The molecule has 134 valence electrons. The van der Waals surface area contributed by atoms with Crippen molar-refractivity contribution in [3.63, 3.8) is 0 Å². The Morgan fingerprint density at radius 2 is 1.88 bits per heavy atom. The maximum absolute atomic E-state index is 4.46. The minimum atomic E-state index is 0.676. The van der Waals surface area contributed by atoms with Crippen LogP contribution in [0.5, 0.6) is 0 Å². The first-order chi connectivity index (χ1) is 11.5. The SMILES string of the molecule is CC(C)[C@H]1CN(Cc2cnc(N(C)C)nc2)CCCN1CC1CC1. The lowest BCUT2D eigenvalue weighted by molar-refractivity contribution is 0.132. The van der Waals surface area contributed by atoms with E-state index in [0.717, 1.165) is 18.4 Å². The molecule has 5 heteroatoms. The topological polar surface area (TPSA) is 35.5 Å². The molecule has 2 fully saturated rings. The second kappa shape index (κ2) is 7.79. The van der Waals surface area contributed by atoms with Gasteiger partial charge in [0.25, 0.3) is 0 Å². The fourth-order valence-electron chi connectivity index (χ4n) is 3.69. The molecule has 2 aliphatic rings. The molecule has 0 amide bonds. The minimum Gasteiger partial charge on any atom is -0.347 e. The second-order valence-electron chi connectivity index (χ2n) is 8.12. The number of hydrogen-bond acceptors (Lipinski definition) is 5. The Balaban J connectivity index is 1.62. The molecule has 1 aliphatic heterocycles. The summed E-state index contributed by atoms with van der Waals surface area (Å²) in [6.45, 7) is 10.6. The molecule has 1 atom stereocenters. The molecule has 1 saturated heterocycles. The predicted octanol–water partition coefficient (Wildman–Crippen LogP) is 2.48. The van der Waals surface area contributed by atoms with Crippen LogP contribution in [0.4, 0.5) is 5.95 Å². The summed E-state index contributed by atoms with van der Waals surface area (Å²) in [5.74, 6) is 2.46. The maximum atomic E-state index is 4.46. The smallest absolute Gasteiger partial charge is 0.224 e. The van der Waals surface area contributed by atoms with E-state index < -0.39 is 0 Å². The van der Waals surface area contributed by atoms with Crippen LogP contribution in [-0.2, 0) is 6.54 Å². The van der Waals surface area contributed by atoms with Gasteiger partial charge in [-0.05, 0) is 44.2 Å². The van der Waals surface area contributed by atoms with E-state index in [1.807, 2.05) is 31.4 Å². The Bertz CT molecular complexity index is 509. The van der Waals surface area contributed by atoms with Crippen LogP contribution in [0.3, 0.4) is 0 Å². The van der Waals surface area contributed by atoms with E-state index in [0.29, 0.717) is 12.0 Å². The molecule has 0 spiro atoms. The zero-order valence-electron chi connectivity index (χ0n) is 15.8. The lowest BCUT2D eigenvalue weighted by atomic mass is 10.0. The highest BCUT2D eigenvalue weighted by molar-refractivity contribution is 5.26. The summed E-state index contributed by atoms with van der Waals surface area (Å²) in [7, 11) is 3.96. The van der Waals surface area contributed by atoms with Crippen LogP contribution >= 0.6 is 0 Å². The van der Waals surface area contributed by atoms with Gasteiger partial charge < -0.3 is 4.90 Å². The van der Waals surface area contributed by atoms with E-state index in [4.69, 9.17) is 0 Å². The molecule has 0 radical (unpaired) electrons. The summed E-state index contributed by atoms with van der Waals surface area (Å²) in [5.41, 5.74) is 1.22. The number of nitrogens with zero attached hydrogens (tertiary/aromatic N) is 5. The van der Waals surface area contributed by atoms with E-state index in [9.17, 15) is 0 Å². The second-order valence-corrected chi connectivity index (χ2v) is 8.12. The van der Waals surface area contributed by atoms with Gasteiger partial charge in [0.05, 0.1) is 0 Å². The molecule has 0 N–H and O–H groups in total. The molecule has 1 aliphatic carbocycles. The van der Waals surface area contributed by atoms with Crippen LogP contribution in [-0.4, -0.2) is 66.1 Å². The molecular formula is C19H33N5. The monoisotopic (exact) mass is 331 g/mol. The van der Waals surface area contributed by atoms with Crippen molar-refractivity contribution < 1.29 is 0 Å². The van der Waals surface area contributed by atoms with Gasteiger partial charge >= 0.3 is 0 Å². The molecule has 0 unspecified atom stereocenters. The zero-order valence-corrected chi connectivity index (χ0v) is 15.8. The quantitative estimate of drug-likeness (QED) is 0.800. The van der Waals surface area contributed by atoms with Crippen molar-refractivity contribution in [2.45, 2.75) is 45.7 Å². The summed E-state index contributed by atoms with van der Waals surface area (Å²) < 4.78 is 0. The van der Waals surface area contributed by atoms with Crippen molar-refractivity contribution in [2.75, 3.05) is 45.2 Å². The van der Waals surface area contributed by atoms with Crippen LogP contribution in [0.25, 0.3) is 0 Å². The summed E-state index contributed by atoms with van der Waals surface area (Å²) >= 11 is 0. The highest BCUT2D eigenvalue weighted by Crippen LogP contribution is 2.32. The largest absolute Gasteiger partial charge is 0.347 e. The third-order valence-corrected chi connectivity index (χ3v) is 5.29. The van der Waals surface area contributed by atoms with Gasteiger partial charge in [0, 0.05) is 57.7 Å². The van der Waals surface area contributed by atoms with Crippen LogP contribution in [0, 0.1) is 11.8 Å². The third kappa shape index (κ3) is 4.67. The highest BCUT2D eigenvalue weighted by Gasteiger charge is 2.32. The van der Waals surface area contributed by atoms with E-state index in [2.05, 4.69) is 33.6 Å². The average Bonchev–Trinajstić information content (AvgIpc) is 3.36. The maximum Gasteiger partial charge on any atom is 0.224 e. The van der Waals surface area contributed by atoms with Gasteiger partial charge in [-0.25, -0.2) is 9.97 Å². The Kier molecular flexibility index (Phi) is 5.72. The number of aromatic nitrogens is 2. The van der Waals surface area contributed by atoms with Crippen molar-refractivity contribution in [3.05, 3.63) is 18.0 Å². The van der Waals surface area contributed by atoms with Crippen molar-refractivity contribution in [2.24, 2.45) is 11.8 Å². The van der Waals surface area contributed by atoms with Crippen LogP contribution < -0.4 is 4.90 Å². The van der Waals surface area contributed by atoms with Crippen molar-refractivity contribution in [1.82, 2.24) is 19.8 Å². The van der Waals surface area contributed by atoms with Gasteiger partial charge in [-0.2, -0.15) is 0 Å². The van der Waals surface area contributed by atoms with Gasteiger partial charge in [-0.15, -0.1) is 0 Å². The number of anilines is 1. The third-order valence-electron chi connectivity index (χ3n) is 5.29. The first-order valence-electron chi connectivity index (χ1n) is 9.47. The fraction of sp³-hybridized carbons (Fsp3) is 0.789. The Morgan fingerprint density at radius 3 is 2.46 bits per heavy atom. The summed E-state index contributed by atoms with van der Waals surface area (Å²) in [4.78, 5) is 16.2. The van der Waals surface area contributed by atoms with Gasteiger partial charge in [0.2, 0.25) is 5.95 Å². The van der Waals surface area contributed by atoms with Crippen molar-refractivity contribution >= 4 is 5.95 Å². The molecule has 1 aromatic heterocycles. The molecular weight excluding hydrogens is 298 g/mol. The molecule has 24 heavy (non-hydrogen) atoms. The highest BCUT2D eigenvalue weighted by atomic mass is 15.3. The van der Waals surface area contributed by atoms with Crippen molar-refractivity contribution in [1.29, 1.82) is 0 Å². The summed E-state index contributed by atoms with van der Waals surface area (Å²) in [6, 6.07) is 0.676. The lowest BCUT2D eigenvalue weighted by Gasteiger charge is -2.34. The molecule has 3 rings (SSSR count). The summed E-state index contributed by atoms with van der Waals surface area (Å²) in [6.07, 6.45) is 8.13. The van der Waals surface area contributed by atoms with Crippen LogP contribution in [0.15, 0.2) is 12.4 Å². The van der Waals surface area contributed by atoms with Gasteiger partial charge in [0.15, 0.2) is 0 Å². The molecule has 1 aromatic rings. The van der Waals surface area contributed by atoms with Crippen molar-refractivity contribution in [3.8, 4) is 0 Å². The van der Waals surface area contributed by atoms with Gasteiger partial charge in [0.1, 0.15) is 0 Å². The molecule has 2 heterocycles. The van der Waals surface area contributed by atoms with E-state index >= 15 is 0 Å². The van der Waals surface area contributed by atoms with Gasteiger partial charge in [-0.3, -0.25) is 9.80 Å². The van der Waals surface area contributed by atoms with E-state index in [1.165, 1.54) is 51.0 Å². The average molecular weight is 332 g/mol. The van der Waals surface area contributed by atoms with E-state index in [-0.39, 0.29) is 0 Å².